The molecule has 7 nitrogen and oxygen atoms in total. The molecular weight excluding hydrogens is 458 g/mol. The first-order valence-electron chi connectivity index (χ1n) is 12.8. The molecule has 1 aliphatic heterocycles. The van der Waals surface area contributed by atoms with Crippen LogP contribution in [0.4, 0.5) is 0 Å². The Morgan fingerprint density at radius 1 is 1.28 bits per heavy atom. The number of likely N-dealkylation sites (N-methyl/N-ethyl adjacent to an activating group) is 1. The van der Waals surface area contributed by atoms with Gasteiger partial charge in [-0.05, 0) is 84.3 Å². The SMILES string of the molecule is CO[C@@H]1[C@H](OC(=O)/C=C/c2ccc(OCCN(C)C)cc2)CC[C@]2(CO2)[C@H]1[C@@](C)(O)CCC=C(C)C. The normalized spacial score (nSPS) is 27.2. The maximum atomic E-state index is 12.7. The summed E-state index contributed by atoms with van der Waals surface area (Å²) in [6.45, 7) is 8.02. The smallest absolute Gasteiger partial charge is 0.331 e. The highest BCUT2D eigenvalue weighted by Gasteiger charge is 2.64. The van der Waals surface area contributed by atoms with Gasteiger partial charge in [-0.15, -0.1) is 0 Å². The molecule has 1 spiro atoms. The van der Waals surface area contributed by atoms with Crippen LogP contribution in [0.1, 0.15) is 52.0 Å². The van der Waals surface area contributed by atoms with Gasteiger partial charge in [-0.2, -0.15) is 0 Å². The minimum absolute atomic E-state index is 0.281. The summed E-state index contributed by atoms with van der Waals surface area (Å²) < 4.78 is 23.3. The van der Waals surface area contributed by atoms with Crippen molar-refractivity contribution in [3.8, 4) is 5.75 Å². The van der Waals surface area contributed by atoms with E-state index in [1.54, 1.807) is 13.2 Å². The summed E-state index contributed by atoms with van der Waals surface area (Å²) in [7, 11) is 5.62. The highest BCUT2D eigenvalue weighted by atomic mass is 16.6. The number of rotatable bonds is 12. The lowest BCUT2D eigenvalue weighted by Gasteiger charge is -2.47. The Morgan fingerprint density at radius 2 is 1.97 bits per heavy atom. The van der Waals surface area contributed by atoms with Crippen LogP contribution in [0, 0.1) is 5.92 Å². The lowest BCUT2D eigenvalue weighted by molar-refractivity contribution is -0.185. The molecule has 200 valence electrons. The molecule has 0 radical (unpaired) electrons. The third-order valence-electron chi connectivity index (χ3n) is 7.14. The first-order chi connectivity index (χ1) is 17.1. The van der Waals surface area contributed by atoms with Crippen LogP contribution >= 0.6 is 0 Å². The Bertz CT molecular complexity index is 912. The van der Waals surface area contributed by atoms with Gasteiger partial charge in [-0.1, -0.05) is 23.8 Å². The molecular formula is C29H43NO6. The van der Waals surface area contributed by atoms with Crippen molar-refractivity contribution >= 4 is 12.0 Å². The highest BCUT2D eigenvalue weighted by Crippen LogP contribution is 2.52. The minimum atomic E-state index is -1.01. The zero-order valence-electron chi connectivity index (χ0n) is 22.7. The van der Waals surface area contributed by atoms with Crippen molar-refractivity contribution in [1.82, 2.24) is 4.90 Å². The number of ether oxygens (including phenoxy) is 4. The lowest BCUT2D eigenvalue weighted by atomic mass is 9.66. The van der Waals surface area contributed by atoms with Gasteiger partial charge in [0.15, 0.2) is 0 Å². The Labute approximate surface area is 216 Å². The zero-order valence-corrected chi connectivity index (χ0v) is 22.7. The molecule has 2 aliphatic rings. The number of aliphatic hydroxyl groups is 1. The molecule has 1 heterocycles. The van der Waals surface area contributed by atoms with Crippen LogP contribution in [-0.4, -0.2) is 80.3 Å². The quantitative estimate of drug-likeness (QED) is 0.199. The number of methoxy groups -OCH3 is 1. The van der Waals surface area contributed by atoms with Crippen LogP contribution in [0.25, 0.3) is 6.08 Å². The Kier molecular flexibility index (Phi) is 9.75. The highest BCUT2D eigenvalue weighted by molar-refractivity contribution is 5.87. The summed E-state index contributed by atoms with van der Waals surface area (Å²) >= 11 is 0. The number of esters is 1. The molecule has 0 aromatic heterocycles. The largest absolute Gasteiger partial charge is 0.492 e. The Balaban J connectivity index is 1.61. The fourth-order valence-electron chi connectivity index (χ4n) is 5.15. The molecule has 3 rings (SSSR count). The minimum Gasteiger partial charge on any atom is -0.492 e. The van der Waals surface area contributed by atoms with Crippen LogP contribution in [-0.2, 0) is 19.0 Å². The van der Waals surface area contributed by atoms with E-state index in [0.717, 1.165) is 30.7 Å². The number of carbonyl (C=O) groups is 1. The van der Waals surface area contributed by atoms with Gasteiger partial charge in [-0.3, -0.25) is 0 Å². The van der Waals surface area contributed by atoms with Gasteiger partial charge in [-0.25, -0.2) is 4.79 Å². The van der Waals surface area contributed by atoms with E-state index in [1.807, 2.05) is 45.3 Å². The van der Waals surface area contributed by atoms with Crippen LogP contribution in [0.2, 0.25) is 0 Å². The summed E-state index contributed by atoms with van der Waals surface area (Å²) in [4.78, 5) is 14.8. The third kappa shape index (κ3) is 7.65. The van der Waals surface area contributed by atoms with Crippen molar-refractivity contribution in [2.24, 2.45) is 5.92 Å². The standard InChI is InChI=1S/C29H43NO6/c1-21(2)8-7-16-28(3,32)27-26(33-6)24(15-17-29(27)20-35-29)36-25(31)14-11-22-9-12-23(13-10-22)34-19-18-30(4)5/h8-14,24,26-27,32H,7,15-20H2,1-6H3/b14-11+/t24-,26-,27-,28+,29+/m1/s1. The van der Waals surface area contributed by atoms with E-state index >= 15 is 0 Å². The maximum absolute atomic E-state index is 12.7. The first-order valence-corrected chi connectivity index (χ1v) is 12.8. The van der Waals surface area contributed by atoms with Gasteiger partial charge in [0.1, 0.15) is 24.6 Å². The average Bonchev–Trinajstić information content (AvgIpc) is 3.58. The number of hydrogen-bond acceptors (Lipinski definition) is 7. The van der Waals surface area contributed by atoms with Gasteiger partial charge >= 0.3 is 5.97 Å². The molecule has 1 aliphatic carbocycles. The fraction of sp³-hybridized carbons (Fsp3) is 0.621. The van der Waals surface area contributed by atoms with Gasteiger partial charge in [0.25, 0.3) is 0 Å². The number of hydrogen-bond donors (Lipinski definition) is 1. The number of nitrogens with zero attached hydrogens (tertiary/aromatic N) is 1. The molecule has 1 saturated carbocycles. The Morgan fingerprint density at radius 3 is 2.56 bits per heavy atom. The van der Waals surface area contributed by atoms with Crippen molar-refractivity contribution < 1.29 is 28.8 Å². The lowest BCUT2D eigenvalue weighted by Crippen LogP contribution is -2.58. The van der Waals surface area contributed by atoms with E-state index in [2.05, 4.69) is 24.8 Å². The fourth-order valence-corrected chi connectivity index (χ4v) is 5.15. The molecule has 1 aromatic rings. The Hall–Kier alpha value is -2.19. The van der Waals surface area contributed by atoms with Crippen LogP contribution < -0.4 is 4.74 Å². The van der Waals surface area contributed by atoms with E-state index in [4.69, 9.17) is 18.9 Å². The van der Waals surface area contributed by atoms with E-state index < -0.39 is 29.4 Å². The number of benzene rings is 1. The maximum Gasteiger partial charge on any atom is 0.331 e. The second-order valence-electron chi connectivity index (χ2n) is 10.8. The molecule has 36 heavy (non-hydrogen) atoms. The molecule has 0 unspecified atom stereocenters. The molecule has 5 atom stereocenters. The summed E-state index contributed by atoms with van der Waals surface area (Å²) in [6.07, 6.45) is 7.13. The molecule has 0 amide bonds. The van der Waals surface area contributed by atoms with Crippen LogP contribution in [0.5, 0.6) is 5.75 Å². The van der Waals surface area contributed by atoms with Crippen molar-refractivity contribution in [1.29, 1.82) is 0 Å². The van der Waals surface area contributed by atoms with Crippen LogP contribution in [0.15, 0.2) is 42.0 Å². The summed E-state index contributed by atoms with van der Waals surface area (Å²) in [5.41, 5.74) is 0.689. The summed E-state index contributed by atoms with van der Waals surface area (Å²) in [6, 6.07) is 7.59. The second kappa shape index (κ2) is 12.4. The third-order valence-corrected chi connectivity index (χ3v) is 7.14. The molecule has 1 saturated heterocycles. The van der Waals surface area contributed by atoms with Crippen molar-refractivity contribution in [2.45, 2.75) is 69.9 Å². The topological polar surface area (TPSA) is 80.8 Å². The van der Waals surface area contributed by atoms with Crippen molar-refractivity contribution in [2.75, 3.05) is 41.0 Å². The summed E-state index contributed by atoms with van der Waals surface area (Å²) in [5.74, 6) is 0.0840. The molecule has 2 fully saturated rings. The molecule has 1 aromatic carbocycles. The monoisotopic (exact) mass is 501 g/mol. The van der Waals surface area contributed by atoms with E-state index in [9.17, 15) is 9.90 Å². The van der Waals surface area contributed by atoms with Gasteiger partial charge in [0.2, 0.25) is 0 Å². The number of epoxide rings is 1. The second-order valence-corrected chi connectivity index (χ2v) is 10.8. The molecule has 1 N–H and O–H groups in total. The van der Waals surface area contributed by atoms with E-state index in [1.165, 1.54) is 11.6 Å². The predicted octanol–water partition coefficient (Wildman–Crippen LogP) is 4.24. The average molecular weight is 502 g/mol. The number of allylic oxidation sites excluding steroid dienone is 2. The molecule has 7 heteroatoms. The zero-order chi connectivity index (χ0) is 26.3. The first kappa shape index (κ1) is 28.4. The predicted molar refractivity (Wildman–Crippen MR) is 141 cm³/mol. The number of carbonyl (C=O) groups excluding carboxylic acids is 1. The van der Waals surface area contributed by atoms with Crippen molar-refractivity contribution in [3.05, 3.63) is 47.6 Å². The molecule has 0 bridgehead atoms. The van der Waals surface area contributed by atoms with Crippen LogP contribution in [0.3, 0.4) is 0 Å². The van der Waals surface area contributed by atoms with Crippen molar-refractivity contribution in [3.63, 3.8) is 0 Å². The van der Waals surface area contributed by atoms with Gasteiger partial charge in [0, 0.05) is 25.6 Å². The van der Waals surface area contributed by atoms with E-state index in [0.29, 0.717) is 26.1 Å². The summed E-state index contributed by atoms with van der Waals surface area (Å²) in [5, 5.41) is 11.5. The van der Waals surface area contributed by atoms with Gasteiger partial charge in [0.05, 0.1) is 17.8 Å². The van der Waals surface area contributed by atoms with Gasteiger partial charge < -0.3 is 29.0 Å². The van der Waals surface area contributed by atoms with E-state index in [-0.39, 0.29) is 5.92 Å².